The normalized spacial score (nSPS) is 11.5. The van der Waals surface area contributed by atoms with Gasteiger partial charge in [-0.3, -0.25) is 4.99 Å². The molecule has 0 atom stereocenters. The van der Waals surface area contributed by atoms with Gasteiger partial charge in [0.1, 0.15) is 5.82 Å². The Hall–Kier alpha value is -1.23. The van der Waals surface area contributed by atoms with E-state index >= 15 is 0 Å². The maximum Gasteiger partial charge on any atom is 0.190 e. The molecule has 0 spiro atoms. The van der Waals surface area contributed by atoms with Gasteiger partial charge in [0.15, 0.2) is 5.96 Å². The third-order valence-electron chi connectivity index (χ3n) is 3.03. The van der Waals surface area contributed by atoms with Crippen LogP contribution >= 0.6 is 11.8 Å². The summed E-state index contributed by atoms with van der Waals surface area (Å²) >= 11 is 1.85. The van der Waals surface area contributed by atoms with Crippen molar-refractivity contribution in [2.75, 3.05) is 32.1 Å². The van der Waals surface area contributed by atoms with Crippen LogP contribution in [-0.2, 0) is 6.42 Å². The molecular formula is C15H24FN3S. The lowest BCUT2D eigenvalue weighted by molar-refractivity contribution is 0.625. The van der Waals surface area contributed by atoms with Crippen LogP contribution in [0.1, 0.15) is 17.5 Å². The number of halogens is 1. The van der Waals surface area contributed by atoms with Crippen LogP contribution in [0.5, 0.6) is 0 Å². The minimum Gasteiger partial charge on any atom is -0.356 e. The van der Waals surface area contributed by atoms with E-state index in [0.717, 1.165) is 48.8 Å². The lowest BCUT2D eigenvalue weighted by atomic mass is 10.1. The van der Waals surface area contributed by atoms with E-state index in [1.807, 2.05) is 24.8 Å². The second-order valence-corrected chi connectivity index (χ2v) is 5.58. The molecule has 1 aromatic rings. The van der Waals surface area contributed by atoms with Crippen molar-refractivity contribution in [2.45, 2.75) is 19.8 Å². The Bertz CT molecular complexity index is 435. The predicted octanol–water partition coefficient (Wildman–Crippen LogP) is 2.59. The number of nitrogens with zero attached hydrogens (tertiary/aromatic N) is 1. The number of hydrogen-bond acceptors (Lipinski definition) is 2. The van der Waals surface area contributed by atoms with Crippen molar-refractivity contribution in [1.82, 2.24) is 10.6 Å². The molecule has 1 rings (SSSR count). The molecule has 0 fully saturated rings. The molecule has 0 radical (unpaired) electrons. The highest BCUT2D eigenvalue weighted by atomic mass is 32.2. The zero-order chi connectivity index (χ0) is 14.8. The number of hydrogen-bond donors (Lipinski definition) is 2. The largest absolute Gasteiger partial charge is 0.356 e. The summed E-state index contributed by atoms with van der Waals surface area (Å²) in [6.45, 7) is 3.65. The summed E-state index contributed by atoms with van der Waals surface area (Å²) in [5.74, 6) is 1.80. The van der Waals surface area contributed by atoms with Gasteiger partial charge in [-0.2, -0.15) is 11.8 Å². The van der Waals surface area contributed by atoms with Crippen molar-refractivity contribution >= 4 is 17.7 Å². The van der Waals surface area contributed by atoms with Crippen LogP contribution in [0.2, 0.25) is 0 Å². The monoisotopic (exact) mass is 297 g/mol. The molecule has 20 heavy (non-hydrogen) atoms. The fraction of sp³-hybridized carbons (Fsp3) is 0.533. The van der Waals surface area contributed by atoms with E-state index in [-0.39, 0.29) is 5.82 Å². The SMILES string of the molecule is CN=C(NCCCSC)NCCc1ccc(F)cc1C. The van der Waals surface area contributed by atoms with Crippen molar-refractivity contribution in [3.63, 3.8) is 0 Å². The first-order valence-electron chi connectivity index (χ1n) is 6.86. The number of rotatable bonds is 7. The quantitative estimate of drug-likeness (QED) is 0.461. The van der Waals surface area contributed by atoms with Gasteiger partial charge < -0.3 is 10.6 Å². The van der Waals surface area contributed by atoms with Crippen LogP contribution in [0, 0.1) is 12.7 Å². The van der Waals surface area contributed by atoms with Crippen LogP contribution in [-0.4, -0.2) is 38.1 Å². The molecule has 3 nitrogen and oxygen atoms in total. The second-order valence-electron chi connectivity index (χ2n) is 4.59. The molecule has 2 N–H and O–H groups in total. The zero-order valence-electron chi connectivity index (χ0n) is 12.5. The average molecular weight is 297 g/mol. The fourth-order valence-corrected chi connectivity index (χ4v) is 2.33. The summed E-state index contributed by atoms with van der Waals surface area (Å²) in [7, 11) is 1.77. The summed E-state index contributed by atoms with van der Waals surface area (Å²) < 4.78 is 13.0. The van der Waals surface area contributed by atoms with Gasteiger partial charge in [-0.1, -0.05) is 6.07 Å². The average Bonchev–Trinajstić information content (AvgIpc) is 2.43. The van der Waals surface area contributed by atoms with E-state index in [1.54, 1.807) is 13.1 Å². The van der Waals surface area contributed by atoms with E-state index < -0.39 is 0 Å². The fourth-order valence-electron chi connectivity index (χ4n) is 1.90. The van der Waals surface area contributed by atoms with E-state index in [2.05, 4.69) is 21.9 Å². The van der Waals surface area contributed by atoms with Gasteiger partial charge in [0, 0.05) is 20.1 Å². The molecule has 0 heterocycles. The summed E-state index contributed by atoms with van der Waals surface area (Å²) in [5.41, 5.74) is 2.16. The number of aliphatic imine (C=N–C) groups is 1. The third-order valence-corrected chi connectivity index (χ3v) is 3.73. The molecule has 0 bridgehead atoms. The van der Waals surface area contributed by atoms with E-state index in [1.165, 1.54) is 6.07 Å². The first-order chi connectivity index (χ1) is 9.67. The highest BCUT2D eigenvalue weighted by Crippen LogP contribution is 2.10. The first kappa shape index (κ1) is 16.8. The van der Waals surface area contributed by atoms with Crippen molar-refractivity contribution < 1.29 is 4.39 Å². The van der Waals surface area contributed by atoms with Crippen LogP contribution in [0.15, 0.2) is 23.2 Å². The summed E-state index contributed by atoms with van der Waals surface area (Å²) in [4.78, 5) is 4.18. The van der Waals surface area contributed by atoms with Crippen LogP contribution in [0.4, 0.5) is 4.39 Å². The predicted molar refractivity (Wildman–Crippen MR) is 87.2 cm³/mol. The molecule has 1 aromatic carbocycles. The second kappa shape index (κ2) is 9.64. The maximum atomic E-state index is 13.0. The van der Waals surface area contributed by atoms with Gasteiger partial charge in [0.25, 0.3) is 0 Å². The van der Waals surface area contributed by atoms with Gasteiger partial charge in [0.2, 0.25) is 0 Å². The van der Waals surface area contributed by atoms with Gasteiger partial charge in [0.05, 0.1) is 0 Å². The number of nitrogens with one attached hydrogen (secondary N) is 2. The van der Waals surface area contributed by atoms with Crippen molar-refractivity contribution in [2.24, 2.45) is 4.99 Å². The summed E-state index contributed by atoms with van der Waals surface area (Å²) in [6, 6.07) is 4.93. The minimum absolute atomic E-state index is 0.175. The summed E-state index contributed by atoms with van der Waals surface area (Å²) in [5, 5.41) is 6.55. The number of benzene rings is 1. The van der Waals surface area contributed by atoms with E-state index in [9.17, 15) is 4.39 Å². The van der Waals surface area contributed by atoms with Gasteiger partial charge >= 0.3 is 0 Å². The highest BCUT2D eigenvalue weighted by molar-refractivity contribution is 7.98. The minimum atomic E-state index is -0.175. The van der Waals surface area contributed by atoms with Crippen molar-refractivity contribution in [3.05, 3.63) is 35.1 Å². The van der Waals surface area contributed by atoms with E-state index in [4.69, 9.17) is 0 Å². The van der Waals surface area contributed by atoms with E-state index in [0.29, 0.717) is 0 Å². The van der Waals surface area contributed by atoms with Gasteiger partial charge in [-0.25, -0.2) is 4.39 Å². The smallest absolute Gasteiger partial charge is 0.190 e. The summed E-state index contributed by atoms with van der Waals surface area (Å²) in [6.07, 6.45) is 4.09. The van der Waals surface area contributed by atoms with Crippen molar-refractivity contribution in [3.8, 4) is 0 Å². The van der Waals surface area contributed by atoms with Crippen molar-refractivity contribution in [1.29, 1.82) is 0 Å². The molecule has 0 amide bonds. The Labute approximate surface area is 125 Å². The van der Waals surface area contributed by atoms with Crippen LogP contribution in [0.25, 0.3) is 0 Å². The first-order valence-corrected chi connectivity index (χ1v) is 8.25. The number of guanidine groups is 1. The number of aryl methyl sites for hydroxylation is 1. The lowest BCUT2D eigenvalue weighted by Crippen LogP contribution is -2.38. The van der Waals surface area contributed by atoms with Crippen LogP contribution in [0.3, 0.4) is 0 Å². The molecule has 0 saturated heterocycles. The Morgan fingerprint density at radius 1 is 1.30 bits per heavy atom. The molecule has 0 saturated carbocycles. The Balaban J connectivity index is 2.31. The Morgan fingerprint density at radius 2 is 2.05 bits per heavy atom. The van der Waals surface area contributed by atoms with Gasteiger partial charge in [-0.05, 0) is 55.0 Å². The number of thioether (sulfide) groups is 1. The Kier molecular flexibility index (Phi) is 8.11. The molecule has 5 heteroatoms. The molecular weight excluding hydrogens is 273 g/mol. The third kappa shape index (κ3) is 6.28. The maximum absolute atomic E-state index is 13.0. The molecule has 0 unspecified atom stereocenters. The Morgan fingerprint density at radius 3 is 2.70 bits per heavy atom. The highest BCUT2D eigenvalue weighted by Gasteiger charge is 2.01. The molecule has 0 aromatic heterocycles. The topological polar surface area (TPSA) is 36.4 Å². The van der Waals surface area contributed by atoms with Crippen LogP contribution < -0.4 is 10.6 Å². The molecule has 0 aliphatic rings. The molecule has 112 valence electrons. The standard InChI is InChI=1S/C15H24FN3S/c1-12-11-14(16)6-5-13(12)7-9-19-15(17-2)18-8-4-10-20-3/h5-6,11H,4,7-10H2,1-3H3,(H2,17,18,19). The molecule has 0 aliphatic carbocycles. The van der Waals surface area contributed by atoms with Gasteiger partial charge in [-0.15, -0.1) is 0 Å². The molecule has 0 aliphatic heterocycles. The lowest BCUT2D eigenvalue weighted by Gasteiger charge is -2.12. The zero-order valence-corrected chi connectivity index (χ0v) is 13.3.